The topological polar surface area (TPSA) is 61.8 Å². The summed E-state index contributed by atoms with van der Waals surface area (Å²) in [5, 5.41) is 0. The summed E-state index contributed by atoms with van der Waals surface area (Å²) >= 11 is 0. The van der Waals surface area contributed by atoms with Gasteiger partial charge in [0, 0.05) is 17.0 Å². The fourth-order valence-electron chi connectivity index (χ4n) is 1.28. The largest absolute Gasteiger partial charge is 0.459 e. The van der Waals surface area contributed by atoms with Crippen LogP contribution in [0, 0.1) is 11.8 Å². The summed E-state index contributed by atoms with van der Waals surface area (Å²) in [5.74, 6) is 3.51. The molecule has 86 valence electrons. The molecule has 0 saturated heterocycles. The van der Waals surface area contributed by atoms with Gasteiger partial charge in [-0.25, -0.2) is 4.79 Å². The quantitative estimate of drug-likeness (QED) is 0.179. The van der Waals surface area contributed by atoms with Gasteiger partial charge in [0.1, 0.15) is 6.61 Å². The van der Waals surface area contributed by atoms with Gasteiger partial charge in [-0.3, -0.25) is 4.79 Å². The summed E-state index contributed by atoms with van der Waals surface area (Å²) in [5.41, 5.74) is 1.20. The molecule has 5 nitrogen and oxygen atoms in total. The lowest BCUT2D eigenvalue weighted by atomic mass is 10.1. The summed E-state index contributed by atoms with van der Waals surface area (Å²) in [4.78, 5) is 31.9. The Hall–Kier alpha value is -2.32. The van der Waals surface area contributed by atoms with Crippen LogP contribution in [-0.4, -0.2) is 18.9 Å². The van der Waals surface area contributed by atoms with Crippen LogP contribution >= 0.6 is 0 Å². The highest BCUT2D eigenvalue weighted by Crippen LogP contribution is 2.26. The van der Waals surface area contributed by atoms with Crippen molar-refractivity contribution < 1.29 is 24.1 Å². The number of fused-ring (bicyclic) bond motifs is 1. The summed E-state index contributed by atoms with van der Waals surface area (Å²) in [6, 6.07) is 4.84. The van der Waals surface area contributed by atoms with Gasteiger partial charge in [0.25, 0.3) is 0 Å². The zero-order valence-corrected chi connectivity index (χ0v) is 8.98. The number of methoxy groups -OCH3 is 1. The fourth-order valence-corrected chi connectivity index (χ4v) is 1.28. The van der Waals surface area contributed by atoms with Crippen molar-refractivity contribution in [2.75, 3.05) is 7.11 Å². The highest BCUT2D eigenvalue weighted by atomic mass is 17.2. The minimum atomic E-state index is -0.751. The van der Waals surface area contributed by atoms with E-state index in [2.05, 4.69) is 16.6 Å². The van der Waals surface area contributed by atoms with Crippen LogP contribution in [0.3, 0.4) is 0 Å². The number of rotatable bonds is 1. The molecule has 1 aliphatic heterocycles. The number of ketones is 1. The van der Waals surface area contributed by atoms with Crippen LogP contribution in [0.5, 0.6) is 5.75 Å². The number of hydrogen-bond donors (Lipinski definition) is 0. The van der Waals surface area contributed by atoms with Gasteiger partial charge in [-0.15, -0.1) is 0 Å². The third-order valence-corrected chi connectivity index (χ3v) is 2.16. The van der Waals surface area contributed by atoms with E-state index in [9.17, 15) is 9.59 Å². The summed E-state index contributed by atoms with van der Waals surface area (Å²) in [6.45, 7) is 0.359. The zero-order chi connectivity index (χ0) is 12.3. The van der Waals surface area contributed by atoms with Gasteiger partial charge in [-0.2, -0.15) is 4.89 Å². The Balaban J connectivity index is 2.19. The Bertz CT molecular complexity index is 536. The second kappa shape index (κ2) is 4.68. The number of esters is 1. The number of carbonyl (C=O) groups excluding carboxylic acids is 2. The van der Waals surface area contributed by atoms with Crippen LogP contribution < -0.4 is 4.89 Å². The second-order valence-electron chi connectivity index (χ2n) is 3.24. The van der Waals surface area contributed by atoms with Gasteiger partial charge in [-0.1, -0.05) is 6.07 Å². The standard InChI is InChI=1S/C12H8O5/c1-15-12(14)5-4-10(13)8-2-3-9-7-16-17-11(9)6-8/h2-3,6H,7H2,1H3. The van der Waals surface area contributed by atoms with Gasteiger partial charge >= 0.3 is 5.97 Å². The number of carbonyl (C=O) groups is 2. The van der Waals surface area contributed by atoms with Crippen molar-refractivity contribution in [1.29, 1.82) is 0 Å². The molecular weight excluding hydrogens is 224 g/mol. The number of Topliss-reactive ketones (excluding diaryl/α,β-unsaturated/α-hetero) is 1. The smallest absolute Gasteiger partial charge is 0.384 e. The highest BCUT2D eigenvalue weighted by Gasteiger charge is 2.15. The first-order chi connectivity index (χ1) is 8.20. The number of hydrogen-bond acceptors (Lipinski definition) is 5. The summed E-state index contributed by atoms with van der Waals surface area (Å²) in [6.07, 6.45) is 0. The molecule has 0 unspecified atom stereocenters. The van der Waals surface area contributed by atoms with Crippen molar-refractivity contribution >= 4 is 11.8 Å². The van der Waals surface area contributed by atoms with E-state index >= 15 is 0 Å². The molecule has 2 rings (SSSR count). The van der Waals surface area contributed by atoms with Crippen molar-refractivity contribution in [1.82, 2.24) is 0 Å². The van der Waals surface area contributed by atoms with Gasteiger partial charge < -0.3 is 9.62 Å². The van der Waals surface area contributed by atoms with E-state index in [0.29, 0.717) is 17.9 Å². The Morgan fingerprint density at radius 1 is 1.35 bits per heavy atom. The Morgan fingerprint density at radius 3 is 2.94 bits per heavy atom. The molecule has 1 heterocycles. The van der Waals surface area contributed by atoms with Crippen molar-refractivity contribution in [3.8, 4) is 17.6 Å². The molecule has 0 bridgehead atoms. The predicted octanol–water partition coefficient (Wildman–Crippen LogP) is 0.870. The van der Waals surface area contributed by atoms with Crippen molar-refractivity contribution in [3.05, 3.63) is 29.3 Å². The molecular formula is C12H8O5. The van der Waals surface area contributed by atoms with E-state index in [4.69, 9.17) is 9.78 Å². The first kappa shape index (κ1) is 11.2. The summed E-state index contributed by atoms with van der Waals surface area (Å²) in [7, 11) is 1.20. The lowest BCUT2D eigenvalue weighted by molar-refractivity contribution is -0.194. The van der Waals surface area contributed by atoms with E-state index in [1.165, 1.54) is 13.2 Å². The van der Waals surface area contributed by atoms with E-state index in [0.717, 1.165) is 5.56 Å². The molecule has 1 aromatic carbocycles. The Labute approximate surface area is 97.2 Å². The van der Waals surface area contributed by atoms with E-state index in [1.807, 2.05) is 0 Å². The maximum absolute atomic E-state index is 11.6. The molecule has 0 amide bonds. The van der Waals surface area contributed by atoms with E-state index in [1.54, 1.807) is 12.1 Å². The predicted molar refractivity (Wildman–Crippen MR) is 56.0 cm³/mol. The van der Waals surface area contributed by atoms with Gasteiger partial charge in [0.2, 0.25) is 5.78 Å². The van der Waals surface area contributed by atoms with Crippen LogP contribution in [0.25, 0.3) is 0 Å². The number of ether oxygens (including phenoxy) is 1. The normalized spacial score (nSPS) is 11.8. The van der Waals surface area contributed by atoms with E-state index < -0.39 is 11.8 Å². The third-order valence-electron chi connectivity index (χ3n) is 2.16. The minimum absolute atomic E-state index is 0.339. The van der Waals surface area contributed by atoms with Crippen LogP contribution in [0.2, 0.25) is 0 Å². The van der Waals surface area contributed by atoms with Crippen molar-refractivity contribution in [3.63, 3.8) is 0 Å². The summed E-state index contributed by atoms with van der Waals surface area (Å²) < 4.78 is 4.30. The Morgan fingerprint density at radius 2 is 2.18 bits per heavy atom. The monoisotopic (exact) mass is 232 g/mol. The molecule has 1 aliphatic rings. The number of benzene rings is 1. The maximum atomic E-state index is 11.6. The average Bonchev–Trinajstić information content (AvgIpc) is 2.82. The van der Waals surface area contributed by atoms with Crippen LogP contribution in [0.1, 0.15) is 15.9 Å². The fraction of sp³-hybridized carbons (Fsp3) is 0.167. The molecule has 0 fully saturated rings. The minimum Gasteiger partial charge on any atom is -0.459 e. The first-order valence-electron chi connectivity index (χ1n) is 4.77. The van der Waals surface area contributed by atoms with Crippen molar-refractivity contribution in [2.24, 2.45) is 0 Å². The van der Waals surface area contributed by atoms with Gasteiger partial charge in [0.05, 0.1) is 7.11 Å². The van der Waals surface area contributed by atoms with Crippen LogP contribution in [0.4, 0.5) is 0 Å². The third kappa shape index (κ3) is 2.44. The SMILES string of the molecule is COC(=O)C#CC(=O)c1ccc2c(c1)OOC2. The molecule has 5 heteroatoms. The van der Waals surface area contributed by atoms with Gasteiger partial charge in [0.15, 0.2) is 5.75 Å². The first-order valence-corrected chi connectivity index (χ1v) is 4.77. The molecule has 0 atom stereocenters. The van der Waals surface area contributed by atoms with Crippen LogP contribution in [-0.2, 0) is 21.0 Å². The zero-order valence-electron chi connectivity index (χ0n) is 8.98. The lowest BCUT2D eigenvalue weighted by Crippen LogP contribution is -1.99. The molecule has 1 aromatic rings. The molecule has 0 N–H and O–H groups in total. The van der Waals surface area contributed by atoms with Crippen LogP contribution in [0.15, 0.2) is 18.2 Å². The molecule has 0 spiro atoms. The Kier molecular flexibility index (Phi) is 3.08. The highest BCUT2D eigenvalue weighted by molar-refractivity contribution is 6.12. The molecule has 0 radical (unpaired) electrons. The van der Waals surface area contributed by atoms with Gasteiger partial charge in [-0.05, 0) is 18.1 Å². The van der Waals surface area contributed by atoms with E-state index in [-0.39, 0.29) is 0 Å². The molecule has 17 heavy (non-hydrogen) atoms. The van der Waals surface area contributed by atoms with Crippen molar-refractivity contribution in [2.45, 2.75) is 6.61 Å². The molecule has 0 saturated carbocycles. The molecule has 0 aliphatic carbocycles. The second-order valence-corrected chi connectivity index (χ2v) is 3.24. The maximum Gasteiger partial charge on any atom is 0.384 e. The molecule has 0 aromatic heterocycles. The average molecular weight is 232 g/mol. The lowest BCUT2D eigenvalue weighted by Gasteiger charge is -1.97.